The smallest absolute Gasteiger partial charge is 0.318 e. The zero-order valence-corrected chi connectivity index (χ0v) is 15.8. The van der Waals surface area contributed by atoms with Crippen LogP contribution in [-0.4, -0.2) is 20.7 Å². The average Bonchev–Trinajstić information content (AvgIpc) is 3.42. The molecule has 1 N–H and O–H groups in total. The highest BCUT2D eigenvalue weighted by molar-refractivity contribution is 5.74. The molecule has 2 heterocycles. The number of amides is 2. The number of hydrogen-bond acceptors (Lipinski definition) is 3. The van der Waals surface area contributed by atoms with Gasteiger partial charge in [-0.3, -0.25) is 4.68 Å². The molecule has 0 fully saturated rings. The monoisotopic (exact) mass is 382 g/mol. The Kier molecular flexibility index (Phi) is 5.14. The number of urea groups is 1. The number of hydrogen-bond donors (Lipinski definition) is 1. The number of furan rings is 1. The number of carbonyl (C=O) groups is 1. The van der Waals surface area contributed by atoms with E-state index in [9.17, 15) is 9.18 Å². The topological polar surface area (TPSA) is 63.3 Å². The average molecular weight is 382 g/mol. The lowest BCUT2D eigenvalue weighted by Crippen LogP contribution is -2.39. The summed E-state index contributed by atoms with van der Waals surface area (Å²) in [5.74, 6) is 0.419. The summed E-state index contributed by atoms with van der Waals surface area (Å²) in [5, 5.41) is 7.55. The second-order valence-electron chi connectivity index (χ2n) is 7.07. The van der Waals surface area contributed by atoms with Crippen LogP contribution in [0.1, 0.15) is 34.7 Å². The number of nitrogens with one attached hydrogen (secondary N) is 1. The largest absolute Gasteiger partial charge is 0.467 e. The highest BCUT2D eigenvalue weighted by Gasteiger charge is 2.24. The Morgan fingerprint density at radius 3 is 2.82 bits per heavy atom. The minimum Gasteiger partial charge on any atom is -0.467 e. The third kappa shape index (κ3) is 3.93. The summed E-state index contributed by atoms with van der Waals surface area (Å²) >= 11 is 0. The summed E-state index contributed by atoms with van der Waals surface area (Å²) in [6.07, 6.45) is 4.77. The first kappa shape index (κ1) is 18.3. The second-order valence-corrected chi connectivity index (χ2v) is 7.07. The van der Waals surface area contributed by atoms with Crippen LogP contribution in [0.5, 0.6) is 0 Å². The molecule has 4 rings (SSSR count). The second kappa shape index (κ2) is 7.88. The molecule has 3 aromatic rings. The molecule has 2 aromatic heterocycles. The van der Waals surface area contributed by atoms with Crippen LogP contribution >= 0.6 is 0 Å². The van der Waals surface area contributed by atoms with Crippen LogP contribution < -0.4 is 5.32 Å². The van der Waals surface area contributed by atoms with E-state index in [0.717, 1.165) is 30.5 Å². The highest BCUT2D eigenvalue weighted by atomic mass is 19.1. The fourth-order valence-electron chi connectivity index (χ4n) is 3.69. The lowest BCUT2D eigenvalue weighted by atomic mass is 10.2. The number of aromatic nitrogens is 2. The van der Waals surface area contributed by atoms with Gasteiger partial charge in [-0.05, 0) is 54.7 Å². The molecule has 0 aliphatic heterocycles. The van der Waals surface area contributed by atoms with E-state index in [1.165, 1.54) is 23.4 Å². The Balaban J connectivity index is 1.49. The van der Waals surface area contributed by atoms with E-state index in [1.54, 1.807) is 23.3 Å². The van der Waals surface area contributed by atoms with Crippen molar-refractivity contribution in [3.05, 3.63) is 76.8 Å². The van der Waals surface area contributed by atoms with Gasteiger partial charge >= 0.3 is 6.03 Å². The standard InChI is InChI=1S/C21H23FN4O2/c1-25-20-6-2-5-18(20)19(24-25)14-26(13-17-4-3-11-28-17)21(27)23-12-15-7-9-16(22)10-8-15/h3-4,7-11H,2,5-6,12-14H2,1H3,(H,23,27). The summed E-state index contributed by atoms with van der Waals surface area (Å²) < 4.78 is 20.4. The van der Waals surface area contributed by atoms with Crippen LogP contribution in [0.25, 0.3) is 0 Å². The minimum absolute atomic E-state index is 0.210. The van der Waals surface area contributed by atoms with Gasteiger partial charge in [0, 0.05) is 19.3 Å². The maximum Gasteiger partial charge on any atom is 0.318 e. The number of rotatable bonds is 6. The molecule has 6 nitrogen and oxygen atoms in total. The molecule has 1 aliphatic carbocycles. The summed E-state index contributed by atoms with van der Waals surface area (Å²) in [6.45, 7) is 1.10. The van der Waals surface area contributed by atoms with Crippen LogP contribution in [0.3, 0.4) is 0 Å². The Labute approximate surface area is 162 Å². The molecule has 0 saturated heterocycles. The van der Waals surface area contributed by atoms with Gasteiger partial charge in [0.05, 0.1) is 25.0 Å². The van der Waals surface area contributed by atoms with Gasteiger partial charge in [0.1, 0.15) is 11.6 Å². The summed E-state index contributed by atoms with van der Waals surface area (Å²) in [5.41, 5.74) is 4.31. The van der Waals surface area contributed by atoms with Crippen LogP contribution in [-0.2, 0) is 39.5 Å². The molecule has 0 spiro atoms. The SMILES string of the molecule is Cn1nc(CN(Cc2ccco2)C(=O)NCc2ccc(F)cc2)c2c1CCC2. The fourth-order valence-corrected chi connectivity index (χ4v) is 3.69. The number of benzene rings is 1. The van der Waals surface area contributed by atoms with Crippen LogP contribution in [0.2, 0.25) is 0 Å². The Bertz CT molecular complexity index is 948. The van der Waals surface area contributed by atoms with Crippen molar-refractivity contribution >= 4 is 6.03 Å². The fraction of sp³-hybridized carbons (Fsp3) is 0.333. The van der Waals surface area contributed by atoms with Crippen molar-refractivity contribution in [3.8, 4) is 0 Å². The zero-order valence-electron chi connectivity index (χ0n) is 15.8. The molecule has 1 aliphatic rings. The Morgan fingerprint density at radius 1 is 1.25 bits per heavy atom. The Morgan fingerprint density at radius 2 is 2.07 bits per heavy atom. The third-order valence-corrected chi connectivity index (χ3v) is 5.11. The van der Waals surface area contributed by atoms with Gasteiger partial charge in [-0.1, -0.05) is 12.1 Å². The number of nitrogens with zero attached hydrogens (tertiary/aromatic N) is 3. The molecule has 0 bridgehead atoms. The van der Waals surface area contributed by atoms with Crippen molar-refractivity contribution in [3.63, 3.8) is 0 Å². The van der Waals surface area contributed by atoms with E-state index in [2.05, 4.69) is 10.4 Å². The van der Waals surface area contributed by atoms with Gasteiger partial charge in [0.15, 0.2) is 0 Å². The van der Waals surface area contributed by atoms with Crippen LogP contribution in [0.15, 0.2) is 47.1 Å². The lowest BCUT2D eigenvalue weighted by Gasteiger charge is -2.22. The number of carbonyl (C=O) groups excluding carboxylic acids is 1. The maximum atomic E-state index is 13.1. The first-order valence-corrected chi connectivity index (χ1v) is 9.43. The Hall–Kier alpha value is -3.09. The van der Waals surface area contributed by atoms with E-state index >= 15 is 0 Å². The molecule has 0 saturated carbocycles. The van der Waals surface area contributed by atoms with E-state index in [0.29, 0.717) is 25.4 Å². The molecule has 1 aromatic carbocycles. The molecule has 146 valence electrons. The molecule has 0 radical (unpaired) electrons. The predicted molar refractivity (Wildman–Crippen MR) is 102 cm³/mol. The molecule has 28 heavy (non-hydrogen) atoms. The number of aryl methyl sites for hydroxylation is 1. The molecule has 2 amide bonds. The van der Waals surface area contributed by atoms with Gasteiger partial charge in [0.2, 0.25) is 0 Å². The van der Waals surface area contributed by atoms with Crippen molar-refractivity contribution < 1.29 is 13.6 Å². The van der Waals surface area contributed by atoms with E-state index in [4.69, 9.17) is 4.42 Å². The normalized spacial score (nSPS) is 12.8. The third-order valence-electron chi connectivity index (χ3n) is 5.11. The number of halogens is 1. The van der Waals surface area contributed by atoms with Gasteiger partial charge in [-0.2, -0.15) is 5.10 Å². The van der Waals surface area contributed by atoms with Crippen molar-refractivity contribution in [2.24, 2.45) is 7.05 Å². The van der Waals surface area contributed by atoms with Gasteiger partial charge in [0.25, 0.3) is 0 Å². The summed E-state index contributed by atoms with van der Waals surface area (Å²) in [4.78, 5) is 14.6. The highest BCUT2D eigenvalue weighted by Crippen LogP contribution is 2.26. The van der Waals surface area contributed by atoms with Crippen molar-refractivity contribution in [2.45, 2.75) is 38.9 Å². The van der Waals surface area contributed by atoms with E-state index < -0.39 is 0 Å². The molecular weight excluding hydrogens is 359 g/mol. The van der Waals surface area contributed by atoms with Crippen LogP contribution in [0, 0.1) is 5.82 Å². The first-order chi connectivity index (χ1) is 13.6. The van der Waals surface area contributed by atoms with Gasteiger partial charge in [-0.15, -0.1) is 0 Å². The maximum absolute atomic E-state index is 13.1. The van der Waals surface area contributed by atoms with E-state index in [-0.39, 0.29) is 11.8 Å². The number of fused-ring (bicyclic) bond motifs is 1. The van der Waals surface area contributed by atoms with Crippen molar-refractivity contribution in [1.29, 1.82) is 0 Å². The lowest BCUT2D eigenvalue weighted by molar-refractivity contribution is 0.186. The minimum atomic E-state index is -0.293. The first-order valence-electron chi connectivity index (χ1n) is 9.43. The summed E-state index contributed by atoms with van der Waals surface area (Å²) in [7, 11) is 1.96. The molecule has 7 heteroatoms. The van der Waals surface area contributed by atoms with Crippen molar-refractivity contribution in [1.82, 2.24) is 20.0 Å². The molecule has 0 atom stereocenters. The van der Waals surface area contributed by atoms with E-state index in [1.807, 2.05) is 23.9 Å². The predicted octanol–water partition coefficient (Wildman–Crippen LogP) is 3.55. The van der Waals surface area contributed by atoms with Crippen molar-refractivity contribution in [2.75, 3.05) is 0 Å². The summed E-state index contributed by atoms with van der Waals surface area (Å²) in [6, 6.07) is 9.55. The molecular formula is C21H23FN4O2. The van der Waals surface area contributed by atoms with Crippen LogP contribution in [0.4, 0.5) is 9.18 Å². The molecule has 0 unspecified atom stereocenters. The van der Waals surface area contributed by atoms with Gasteiger partial charge < -0.3 is 14.6 Å². The zero-order chi connectivity index (χ0) is 19.5. The quantitative estimate of drug-likeness (QED) is 0.709. The van der Waals surface area contributed by atoms with Gasteiger partial charge in [-0.25, -0.2) is 9.18 Å².